The second kappa shape index (κ2) is 24.1. The molecule has 0 saturated heterocycles. The van der Waals surface area contributed by atoms with Crippen LogP contribution in [-0.4, -0.2) is 24.9 Å². The summed E-state index contributed by atoms with van der Waals surface area (Å²) < 4.78 is 0. The molecule has 0 aliphatic carbocycles. The van der Waals surface area contributed by atoms with E-state index >= 15 is 0 Å². The highest BCUT2D eigenvalue weighted by Crippen LogP contribution is 2.36. The first-order valence-corrected chi connectivity index (χ1v) is 22.0. The largest absolute Gasteiger partial charge is 0.262 e. The van der Waals surface area contributed by atoms with Crippen LogP contribution in [0.2, 0.25) is 0 Å². The molecule has 7 heteroatoms. The number of unbranched alkanes of at least 4 members (excludes halogenated alkanes) is 12. The van der Waals surface area contributed by atoms with Crippen LogP contribution < -0.4 is 9.80 Å². The van der Waals surface area contributed by atoms with Gasteiger partial charge in [-0.25, -0.2) is 24.9 Å². The van der Waals surface area contributed by atoms with Crippen LogP contribution in [0.5, 0.6) is 0 Å². The Morgan fingerprint density at radius 3 is 0.839 bits per heavy atom. The molecule has 0 fully saturated rings. The normalized spacial score (nSPS) is 11.2. The molecule has 0 saturated carbocycles. The number of hydrogen-bond donors (Lipinski definition) is 0. The van der Waals surface area contributed by atoms with Gasteiger partial charge in [-0.05, 0) is 110 Å². The van der Waals surface area contributed by atoms with E-state index in [0.717, 1.165) is 60.6 Å². The Kier molecular flexibility index (Phi) is 18.3. The molecular formula is C49H67N7. The molecule has 56 heavy (non-hydrogen) atoms. The van der Waals surface area contributed by atoms with Crippen LogP contribution in [0.1, 0.15) is 153 Å². The average molecular weight is 754 g/mol. The summed E-state index contributed by atoms with van der Waals surface area (Å²) in [5.74, 6) is 4.63. The van der Waals surface area contributed by atoms with Crippen molar-refractivity contribution in [3.63, 3.8) is 0 Å². The summed E-state index contributed by atoms with van der Waals surface area (Å²) >= 11 is 0. The summed E-state index contributed by atoms with van der Waals surface area (Å²) in [6, 6.07) is 23.4. The molecule has 0 aliphatic rings. The maximum Gasteiger partial charge on any atom is 0.142 e. The molecule has 0 amide bonds. The summed E-state index contributed by atoms with van der Waals surface area (Å²) in [6.45, 7) is 9.02. The number of hydrogen-bond acceptors (Lipinski definition) is 7. The van der Waals surface area contributed by atoms with Gasteiger partial charge in [0, 0.05) is 24.8 Å². The Bertz CT molecular complexity index is 1550. The van der Waals surface area contributed by atoms with Crippen LogP contribution in [0.4, 0.5) is 34.9 Å². The molecule has 0 spiro atoms. The maximum absolute atomic E-state index is 5.34. The van der Waals surface area contributed by atoms with Crippen LogP contribution in [0, 0.1) is 0 Å². The quantitative estimate of drug-likeness (QED) is 0.0521. The molecule has 0 atom stereocenters. The van der Waals surface area contributed by atoms with E-state index in [-0.39, 0.29) is 0 Å². The van der Waals surface area contributed by atoms with E-state index in [1.807, 2.05) is 36.9 Å². The van der Waals surface area contributed by atoms with Crippen molar-refractivity contribution >= 4 is 34.9 Å². The van der Waals surface area contributed by atoms with Crippen molar-refractivity contribution < 1.29 is 0 Å². The lowest BCUT2D eigenvalue weighted by Crippen LogP contribution is -2.18. The lowest BCUT2D eigenvalue weighted by atomic mass is 10.1. The van der Waals surface area contributed by atoms with Crippen LogP contribution in [0.15, 0.2) is 91.5 Å². The fourth-order valence-electron chi connectivity index (χ4n) is 7.18. The fraction of sp³-hybridized carbons (Fsp3) is 0.490. The number of aryl methyl sites for hydroxylation is 4. The predicted molar refractivity (Wildman–Crippen MR) is 236 cm³/mol. The lowest BCUT2D eigenvalue weighted by Gasteiger charge is -2.26. The Balaban J connectivity index is 1.49. The van der Waals surface area contributed by atoms with Gasteiger partial charge in [-0.2, -0.15) is 0 Å². The van der Waals surface area contributed by atoms with Crippen molar-refractivity contribution in [3.05, 3.63) is 114 Å². The second-order valence-electron chi connectivity index (χ2n) is 15.4. The second-order valence-corrected chi connectivity index (χ2v) is 15.4. The summed E-state index contributed by atoms with van der Waals surface area (Å²) in [5, 5.41) is 0. The molecule has 5 aromatic heterocycles. The van der Waals surface area contributed by atoms with Crippen molar-refractivity contribution in [1.29, 1.82) is 0 Å². The summed E-state index contributed by atoms with van der Waals surface area (Å²) in [4.78, 5) is 29.5. The highest BCUT2D eigenvalue weighted by atomic mass is 15.3. The van der Waals surface area contributed by atoms with Gasteiger partial charge in [0.15, 0.2) is 0 Å². The molecule has 7 nitrogen and oxygen atoms in total. The highest BCUT2D eigenvalue weighted by molar-refractivity contribution is 5.74. The van der Waals surface area contributed by atoms with Crippen molar-refractivity contribution in [2.45, 2.75) is 156 Å². The van der Waals surface area contributed by atoms with Gasteiger partial charge in [0.2, 0.25) is 0 Å². The van der Waals surface area contributed by atoms with Crippen LogP contribution in [0.3, 0.4) is 0 Å². The van der Waals surface area contributed by atoms with E-state index in [2.05, 4.69) is 92.1 Å². The molecule has 0 aliphatic heterocycles. The molecule has 298 valence electrons. The zero-order chi connectivity index (χ0) is 39.2. The van der Waals surface area contributed by atoms with E-state index in [4.69, 9.17) is 24.9 Å². The fourth-order valence-corrected chi connectivity index (χ4v) is 7.18. The first kappa shape index (κ1) is 42.5. The van der Waals surface area contributed by atoms with Crippen molar-refractivity contribution in [2.75, 3.05) is 9.80 Å². The molecule has 5 aromatic rings. The number of pyridine rings is 5. The predicted octanol–water partition coefficient (Wildman–Crippen LogP) is 14.1. The van der Waals surface area contributed by atoms with Crippen LogP contribution in [-0.2, 0) is 25.7 Å². The Morgan fingerprint density at radius 2 is 0.607 bits per heavy atom. The summed E-state index contributed by atoms with van der Waals surface area (Å²) in [6.07, 6.45) is 32.0. The average Bonchev–Trinajstić information content (AvgIpc) is 3.24. The smallest absolute Gasteiger partial charge is 0.142 e. The Morgan fingerprint density at radius 1 is 0.321 bits per heavy atom. The van der Waals surface area contributed by atoms with Crippen molar-refractivity contribution in [1.82, 2.24) is 24.9 Å². The van der Waals surface area contributed by atoms with Gasteiger partial charge >= 0.3 is 0 Å². The van der Waals surface area contributed by atoms with Crippen molar-refractivity contribution in [3.8, 4) is 0 Å². The van der Waals surface area contributed by atoms with E-state index in [1.54, 1.807) is 0 Å². The Labute approximate surface area is 338 Å². The van der Waals surface area contributed by atoms with Crippen molar-refractivity contribution in [2.24, 2.45) is 0 Å². The highest BCUT2D eigenvalue weighted by Gasteiger charge is 2.21. The van der Waals surface area contributed by atoms with E-state index in [9.17, 15) is 0 Å². The van der Waals surface area contributed by atoms with Crippen LogP contribution in [0.25, 0.3) is 0 Å². The third-order valence-electron chi connectivity index (χ3n) is 10.6. The molecule has 0 aromatic carbocycles. The number of rotatable bonds is 26. The number of anilines is 6. The van der Waals surface area contributed by atoms with Gasteiger partial charge < -0.3 is 0 Å². The van der Waals surface area contributed by atoms with Gasteiger partial charge in [-0.3, -0.25) is 9.80 Å². The molecule has 0 bridgehead atoms. The van der Waals surface area contributed by atoms with Gasteiger partial charge in [-0.1, -0.05) is 135 Å². The molecule has 0 N–H and O–H groups in total. The minimum absolute atomic E-state index is 0.735. The zero-order valence-corrected chi connectivity index (χ0v) is 34.9. The van der Waals surface area contributed by atoms with E-state index in [0.29, 0.717) is 0 Å². The van der Waals surface area contributed by atoms with E-state index in [1.165, 1.54) is 125 Å². The molecule has 5 heterocycles. The number of aromatic nitrogens is 5. The first-order chi connectivity index (χ1) is 27.6. The maximum atomic E-state index is 5.34. The number of nitrogens with zero attached hydrogens (tertiary/aromatic N) is 7. The standard InChI is InChI=1S/C49H67N7/c1-5-9-13-17-22-40-28-32-44(50-36-40)55(45-33-29-41(37-51-45)23-18-14-10-6-2)48-26-21-27-49(54-48)56(46-34-30-42(38-52-46)24-19-15-11-7-3)47-35-31-43(39-53-47)25-20-16-12-8-4/h21,26-39H,5-20,22-25H2,1-4H3. The third-order valence-corrected chi connectivity index (χ3v) is 10.6. The summed E-state index contributed by atoms with van der Waals surface area (Å²) in [7, 11) is 0. The third kappa shape index (κ3) is 13.2. The Hall–Kier alpha value is -4.65. The molecule has 0 unspecified atom stereocenters. The van der Waals surface area contributed by atoms with Gasteiger partial charge in [-0.15, -0.1) is 0 Å². The first-order valence-electron chi connectivity index (χ1n) is 22.0. The van der Waals surface area contributed by atoms with E-state index < -0.39 is 0 Å². The van der Waals surface area contributed by atoms with Gasteiger partial charge in [0.05, 0.1) is 0 Å². The summed E-state index contributed by atoms with van der Waals surface area (Å²) in [5.41, 5.74) is 5.03. The molecule has 5 rings (SSSR count). The van der Waals surface area contributed by atoms with Gasteiger partial charge in [0.1, 0.15) is 34.9 Å². The minimum atomic E-state index is 0.735. The molecule has 0 radical (unpaired) electrons. The monoisotopic (exact) mass is 754 g/mol. The van der Waals surface area contributed by atoms with Gasteiger partial charge in [0.25, 0.3) is 0 Å². The SMILES string of the molecule is CCCCCCc1ccc(N(c2ccc(CCCCCC)cn2)c2cccc(N(c3ccc(CCCCCC)cn3)c3ccc(CCCCCC)cn3)n2)nc1. The zero-order valence-electron chi connectivity index (χ0n) is 34.9. The minimum Gasteiger partial charge on any atom is -0.262 e. The molecular weight excluding hydrogens is 687 g/mol. The topological polar surface area (TPSA) is 70.9 Å². The lowest BCUT2D eigenvalue weighted by molar-refractivity contribution is 0.666. The van der Waals surface area contributed by atoms with Crippen LogP contribution >= 0.6 is 0 Å².